The summed E-state index contributed by atoms with van der Waals surface area (Å²) in [5.41, 5.74) is 2.16. The Morgan fingerprint density at radius 2 is 1.88 bits per heavy atom. The number of hydrogen-bond donors (Lipinski definition) is 2. The second-order valence-corrected chi connectivity index (χ2v) is 5.80. The van der Waals surface area contributed by atoms with E-state index >= 15 is 0 Å². The molecule has 1 atom stereocenters. The minimum atomic E-state index is -0.963. The molecule has 2 N–H and O–H groups in total. The van der Waals surface area contributed by atoms with E-state index in [1.165, 1.54) is 13.0 Å². The highest BCUT2D eigenvalue weighted by atomic mass is 16.5. The maximum Gasteiger partial charge on any atom is 0.333 e. The molecule has 0 heterocycles. The van der Waals surface area contributed by atoms with E-state index in [1.807, 2.05) is 30.3 Å². The number of aliphatic hydroxyl groups is 1. The highest BCUT2D eigenvalue weighted by molar-refractivity contribution is 5.86. The number of phenolic OH excluding ortho intramolecular Hbond substituents is 1. The third-order valence-corrected chi connectivity index (χ3v) is 3.49. The van der Waals surface area contributed by atoms with Crippen LogP contribution in [-0.2, 0) is 16.0 Å². The Hall–Kier alpha value is -2.79. The molecule has 1 unspecified atom stereocenters. The maximum atomic E-state index is 11.2. The molecule has 25 heavy (non-hydrogen) atoms. The Balaban J connectivity index is 1.86. The molecule has 0 aromatic heterocycles. The minimum Gasteiger partial charge on any atom is -0.508 e. The standard InChI is InChI=1S/C20H22O5/c1-14(2)20(23)25-13-17(21)12-24-18-9-8-16(19(22)11-18)10-15-6-4-3-5-7-15/h3-9,11,17,21-22H,1,10,12-13H2,2H3. The van der Waals surface area contributed by atoms with Crippen molar-refractivity contribution in [2.75, 3.05) is 13.2 Å². The number of aliphatic hydroxyl groups excluding tert-OH is 1. The number of benzene rings is 2. The highest BCUT2D eigenvalue weighted by Crippen LogP contribution is 2.25. The van der Waals surface area contributed by atoms with E-state index < -0.39 is 12.1 Å². The van der Waals surface area contributed by atoms with Gasteiger partial charge in [-0.3, -0.25) is 0 Å². The Morgan fingerprint density at radius 3 is 2.52 bits per heavy atom. The van der Waals surface area contributed by atoms with Crippen molar-refractivity contribution in [1.82, 2.24) is 0 Å². The normalized spacial score (nSPS) is 11.6. The maximum absolute atomic E-state index is 11.2. The van der Waals surface area contributed by atoms with Crippen LogP contribution < -0.4 is 4.74 Å². The summed E-state index contributed by atoms with van der Waals surface area (Å²) in [6.45, 7) is 4.76. The number of aromatic hydroxyl groups is 1. The van der Waals surface area contributed by atoms with E-state index in [1.54, 1.807) is 12.1 Å². The molecule has 0 saturated carbocycles. The summed E-state index contributed by atoms with van der Waals surface area (Å²) >= 11 is 0. The largest absolute Gasteiger partial charge is 0.508 e. The van der Waals surface area contributed by atoms with Gasteiger partial charge in [0.2, 0.25) is 0 Å². The van der Waals surface area contributed by atoms with Crippen molar-refractivity contribution in [2.45, 2.75) is 19.4 Å². The lowest BCUT2D eigenvalue weighted by Gasteiger charge is -2.14. The van der Waals surface area contributed by atoms with Crippen LogP contribution >= 0.6 is 0 Å². The molecular formula is C20H22O5. The molecule has 0 bridgehead atoms. The molecule has 0 spiro atoms. The summed E-state index contributed by atoms with van der Waals surface area (Å²) in [6, 6.07) is 14.8. The molecule has 0 saturated heterocycles. The summed E-state index contributed by atoms with van der Waals surface area (Å²) in [5, 5.41) is 19.9. The molecule has 2 aromatic carbocycles. The summed E-state index contributed by atoms with van der Waals surface area (Å²) in [7, 11) is 0. The number of esters is 1. The number of carbonyl (C=O) groups is 1. The Kier molecular flexibility index (Phi) is 6.60. The molecule has 0 aliphatic rings. The van der Waals surface area contributed by atoms with E-state index in [0.29, 0.717) is 12.2 Å². The van der Waals surface area contributed by atoms with Crippen molar-refractivity contribution >= 4 is 5.97 Å². The van der Waals surface area contributed by atoms with Crippen LogP contribution in [0.25, 0.3) is 0 Å². The van der Waals surface area contributed by atoms with Gasteiger partial charge < -0.3 is 19.7 Å². The SMILES string of the molecule is C=C(C)C(=O)OCC(O)COc1ccc(Cc2ccccc2)c(O)c1. The third-order valence-electron chi connectivity index (χ3n) is 3.49. The van der Waals surface area contributed by atoms with Crippen molar-refractivity contribution in [3.8, 4) is 11.5 Å². The van der Waals surface area contributed by atoms with Crippen LogP contribution in [0.3, 0.4) is 0 Å². The van der Waals surface area contributed by atoms with E-state index in [-0.39, 0.29) is 24.5 Å². The lowest BCUT2D eigenvalue weighted by atomic mass is 10.0. The molecule has 0 amide bonds. The van der Waals surface area contributed by atoms with E-state index in [2.05, 4.69) is 6.58 Å². The number of carbonyl (C=O) groups excluding carboxylic acids is 1. The van der Waals surface area contributed by atoms with Crippen LogP contribution in [0.15, 0.2) is 60.7 Å². The van der Waals surface area contributed by atoms with E-state index in [0.717, 1.165) is 11.1 Å². The molecule has 2 rings (SSSR count). The molecule has 2 aromatic rings. The fourth-order valence-corrected chi connectivity index (χ4v) is 2.13. The fraction of sp³-hybridized carbons (Fsp3) is 0.250. The first-order valence-corrected chi connectivity index (χ1v) is 7.95. The predicted molar refractivity (Wildman–Crippen MR) is 94.6 cm³/mol. The topological polar surface area (TPSA) is 76.0 Å². The number of hydrogen-bond acceptors (Lipinski definition) is 5. The zero-order valence-corrected chi connectivity index (χ0v) is 14.1. The van der Waals surface area contributed by atoms with E-state index in [9.17, 15) is 15.0 Å². The van der Waals surface area contributed by atoms with Crippen molar-refractivity contribution < 1.29 is 24.5 Å². The quantitative estimate of drug-likeness (QED) is 0.570. The minimum absolute atomic E-state index is 0.0546. The smallest absolute Gasteiger partial charge is 0.333 e. The summed E-state index contributed by atoms with van der Waals surface area (Å²) in [5.74, 6) is 0.00565. The molecule has 0 aliphatic heterocycles. The van der Waals surface area contributed by atoms with Crippen molar-refractivity contribution in [3.05, 3.63) is 71.8 Å². The van der Waals surface area contributed by atoms with Gasteiger partial charge in [0.1, 0.15) is 30.8 Å². The molecule has 0 fully saturated rings. The van der Waals surface area contributed by atoms with Gasteiger partial charge >= 0.3 is 5.97 Å². The first-order valence-electron chi connectivity index (χ1n) is 7.95. The van der Waals surface area contributed by atoms with Crippen LogP contribution in [0, 0.1) is 0 Å². The Labute approximate surface area is 147 Å². The van der Waals surface area contributed by atoms with Crippen LogP contribution in [0.1, 0.15) is 18.1 Å². The fourth-order valence-electron chi connectivity index (χ4n) is 2.13. The van der Waals surface area contributed by atoms with Crippen LogP contribution in [0.2, 0.25) is 0 Å². The van der Waals surface area contributed by atoms with Crippen LogP contribution in [0.5, 0.6) is 11.5 Å². The van der Waals surface area contributed by atoms with Crippen molar-refractivity contribution in [1.29, 1.82) is 0 Å². The average Bonchev–Trinajstić information content (AvgIpc) is 2.60. The Morgan fingerprint density at radius 1 is 1.16 bits per heavy atom. The van der Waals surface area contributed by atoms with Gasteiger partial charge in [-0.15, -0.1) is 0 Å². The van der Waals surface area contributed by atoms with Crippen molar-refractivity contribution in [2.24, 2.45) is 0 Å². The molecule has 5 nitrogen and oxygen atoms in total. The van der Waals surface area contributed by atoms with Gasteiger partial charge in [-0.25, -0.2) is 4.79 Å². The van der Waals surface area contributed by atoms with Gasteiger partial charge in [-0.1, -0.05) is 43.0 Å². The lowest BCUT2D eigenvalue weighted by Crippen LogP contribution is -2.25. The van der Waals surface area contributed by atoms with Crippen molar-refractivity contribution in [3.63, 3.8) is 0 Å². The second-order valence-electron chi connectivity index (χ2n) is 5.80. The number of ether oxygens (including phenoxy) is 2. The van der Waals surface area contributed by atoms with Gasteiger partial charge in [-0.2, -0.15) is 0 Å². The molecule has 0 radical (unpaired) electrons. The summed E-state index contributed by atoms with van der Waals surface area (Å²) in [6.07, 6.45) is -0.346. The highest BCUT2D eigenvalue weighted by Gasteiger charge is 2.11. The average molecular weight is 342 g/mol. The summed E-state index contributed by atoms with van der Waals surface area (Å²) in [4.78, 5) is 11.2. The zero-order valence-electron chi connectivity index (χ0n) is 14.1. The van der Waals surface area contributed by atoms with Gasteiger partial charge in [0, 0.05) is 18.1 Å². The van der Waals surface area contributed by atoms with Crippen LogP contribution in [0.4, 0.5) is 0 Å². The van der Waals surface area contributed by atoms with Crippen LogP contribution in [-0.4, -0.2) is 35.5 Å². The third kappa shape index (κ3) is 5.97. The van der Waals surface area contributed by atoms with Gasteiger partial charge in [-0.05, 0) is 24.1 Å². The molecule has 5 heteroatoms. The van der Waals surface area contributed by atoms with Gasteiger partial charge in [0.05, 0.1) is 0 Å². The number of rotatable bonds is 8. The van der Waals surface area contributed by atoms with Gasteiger partial charge in [0.15, 0.2) is 0 Å². The first-order chi connectivity index (χ1) is 12.0. The molecule has 132 valence electrons. The van der Waals surface area contributed by atoms with E-state index in [4.69, 9.17) is 9.47 Å². The first kappa shape index (κ1) is 18.5. The lowest BCUT2D eigenvalue weighted by molar-refractivity contribution is -0.142. The predicted octanol–water partition coefficient (Wildman–Crippen LogP) is 2.84. The Bertz CT molecular complexity index is 724. The number of phenols is 1. The second kappa shape index (κ2) is 8.89. The zero-order chi connectivity index (χ0) is 18.2. The molecular weight excluding hydrogens is 320 g/mol. The van der Waals surface area contributed by atoms with Gasteiger partial charge in [0.25, 0.3) is 0 Å². The monoisotopic (exact) mass is 342 g/mol. The molecule has 0 aliphatic carbocycles. The summed E-state index contributed by atoms with van der Waals surface area (Å²) < 4.78 is 10.3.